The van der Waals surface area contributed by atoms with Crippen molar-refractivity contribution in [1.29, 1.82) is 0 Å². The predicted octanol–water partition coefficient (Wildman–Crippen LogP) is 3.07. The van der Waals surface area contributed by atoms with Gasteiger partial charge in [0.15, 0.2) is 0 Å². The van der Waals surface area contributed by atoms with Crippen molar-refractivity contribution < 1.29 is 9.53 Å². The van der Waals surface area contributed by atoms with E-state index in [0.717, 1.165) is 5.56 Å². The van der Waals surface area contributed by atoms with Gasteiger partial charge in [-0.3, -0.25) is 0 Å². The van der Waals surface area contributed by atoms with Crippen molar-refractivity contribution in [2.45, 2.75) is 39.3 Å². The molecule has 0 bridgehead atoms. The minimum Gasteiger partial charge on any atom is -0.444 e. The molecule has 16 heavy (non-hydrogen) atoms. The average Bonchev–Trinajstić information content (AvgIpc) is 2.16. The van der Waals surface area contributed by atoms with Crippen LogP contribution in [0.5, 0.6) is 0 Å². The molecule has 0 saturated carbocycles. The highest BCUT2D eigenvalue weighted by molar-refractivity contribution is 5.68. The monoisotopic (exact) mass is 220 g/mol. The van der Waals surface area contributed by atoms with Gasteiger partial charge < -0.3 is 10.1 Å². The molecular weight excluding hydrogens is 202 g/mol. The average molecular weight is 220 g/mol. The van der Waals surface area contributed by atoms with E-state index < -0.39 is 11.7 Å². The van der Waals surface area contributed by atoms with Crippen molar-refractivity contribution in [2.24, 2.45) is 0 Å². The summed E-state index contributed by atoms with van der Waals surface area (Å²) in [7, 11) is 0. The lowest BCUT2D eigenvalue weighted by atomic mass is 10.1. The van der Waals surface area contributed by atoms with Crippen molar-refractivity contribution >= 4 is 6.09 Å². The number of alkyl carbamates (subject to hydrolysis) is 1. The minimum absolute atomic E-state index is 0.0653. The molecule has 1 atom stereocenters. The third-order valence-electron chi connectivity index (χ3n) is 1.98. The summed E-state index contributed by atoms with van der Waals surface area (Å²) in [5.41, 5.74) is 0.568. The first kappa shape index (κ1) is 12.6. The molecule has 87 valence electrons. The topological polar surface area (TPSA) is 38.3 Å². The molecule has 1 amide bonds. The van der Waals surface area contributed by atoms with Crippen molar-refractivity contribution in [3.8, 4) is 0 Å². The molecule has 0 aliphatic rings. The Kier molecular flexibility index (Phi) is 3.93. The quantitative estimate of drug-likeness (QED) is 0.831. The predicted molar refractivity (Wildman–Crippen MR) is 63.1 cm³/mol. The van der Waals surface area contributed by atoms with Crippen LogP contribution >= 0.6 is 0 Å². The highest BCUT2D eigenvalue weighted by Gasteiger charge is 2.17. The van der Waals surface area contributed by atoms with Gasteiger partial charge in [0.25, 0.3) is 0 Å². The first-order chi connectivity index (χ1) is 7.38. The number of ether oxygens (including phenoxy) is 1. The highest BCUT2D eigenvalue weighted by Crippen LogP contribution is 2.13. The van der Waals surface area contributed by atoms with E-state index in [0.29, 0.717) is 0 Å². The van der Waals surface area contributed by atoms with E-state index in [9.17, 15) is 4.79 Å². The summed E-state index contributed by atoms with van der Waals surface area (Å²) in [5.74, 6) is 0. The lowest BCUT2D eigenvalue weighted by Gasteiger charge is -2.22. The van der Waals surface area contributed by atoms with E-state index in [-0.39, 0.29) is 6.04 Å². The third kappa shape index (κ3) is 4.34. The number of carbonyl (C=O) groups excluding carboxylic acids is 1. The maximum Gasteiger partial charge on any atom is 0.408 e. The van der Waals surface area contributed by atoms with Crippen LogP contribution in [-0.4, -0.2) is 11.7 Å². The molecule has 0 aliphatic carbocycles. The maximum absolute atomic E-state index is 11.5. The van der Waals surface area contributed by atoms with E-state index in [1.165, 1.54) is 0 Å². The molecule has 0 unspecified atom stereocenters. The smallest absolute Gasteiger partial charge is 0.408 e. The Bertz CT molecular complexity index is 341. The molecule has 0 aromatic heterocycles. The fraction of sp³-hybridized carbons (Fsp3) is 0.462. The van der Waals surface area contributed by atoms with E-state index in [1.54, 1.807) is 0 Å². The number of hydrogen-bond acceptors (Lipinski definition) is 2. The molecule has 0 spiro atoms. The first-order valence-corrected chi connectivity index (χ1v) is 5.34. The van der Waals surface area contributed by atoms with Gasteiger partial charge in [0.05, 0.1) is 6.04 Å². The molecule has 3 nitrogen and oxygen atoms in total. The fourth-order valence-electron chi connectivity index (χ4n) is 1.26. The van der Waals surface area contributed by atoms with Gasteiger partial charge in [-0.2, -0.15) is 0 Å². The zero-order valence-corrected chi connectivity index (χ0v) is 10.2. The molecule has 1 rings (SSSR count). The fourth-order valence-corrected chi connectivity index (χ4v) is 1.26. The van der Waals surface area contributed by atoms with Crippen molar-refractivity contribution in [3.63, 3.8) is 0 Å². The Balaban J connectivity index is 2.52. The lowest BCUT2D eigenvalue weighted by molar-refractivity contribution is 0.0508. The Morgan fingerprint density at radius 1 is 1.38 bits per heavy atom. The number of amides is 1. The number of carbonyl (C=O) groups is 1. The van der Waals surface area contributed by atoms with Crippen molar-refractivity contribution in [2.75, 3.05) is 0 Å². The third-order valence-corrected chi connectivity index (χ3v) is 1.98. The molecular formula is C13H18NO2. The van der Waals surface area contributed by atoms with Gasteiger partial charge in [0, 0.05) is 0 Å². The summed E-state index contributed by atoms with van der Waals surface area (Å²) < 4.78 is 5.17. The van der Waals surface area contributed by atoms with Gasteiger partial charge in [-0.1, -0.05) is 24.3 Å². The van der Waals surface area contributed by atoms with E-state index in [4.69, 9.17) is 4.74 Å². The molecule has 1 radical (unpaired) electrons. The van der Waals surface area contributed by atoms with Crippen LogP contribution in [0.1, 0.15) is 39.3 Å². The van der Waals surface area contributed by atoms with Gasteiger partial charge in [-0.15, -0.1) is 0 Å². The Hall–Kier alpha value is -1.51. The molecule has 0 saturated heterocycles. The Morgan fingerprint density at radius 3 is 2.44 bits per heavy atom. The number of benzene rings is 1. The summed E-state index contributed by atoms with van der Waals surface area (Å²) in [5, 5.41) is 2.78. The summed E-state index contributed by atoms with van der Waals surface area (Å²) in [6.07, 6.45) is -0.396. The Morgan fingerprint density at radius 2 is 1.94 bits per heavy atom. The van der Waals surface area contributed by atoms with E-state index in [1.807, 2.05) is 52.0 Å². The normalized spacial score (nSPS) is 13.0. The lowest BCUT2D eigenvalue weighted by Crippen LogP contribution is -2.33. The van der Waals surface area contributed by atoms with Crippen LogP contribution in [0.3, 0.4) is 0 Å². The van der Waals surface area contributed by atoms with E-state index >= 15 is 0 Å². The zero-order valence-electron chi connectivity index (χ0n) is 10.2. The van der Waals surface area contributed by atoms with E-state index in [2.05, 4.69) is 11.4 Å². The molecule has 0 heterocycles. The van der Waals surface area contributed by atoms with Crippen LogP contribution in [0.15, 0.2) is 24.3 Å². The highest BCUT2D eigenvalue weighted by atomic mass is 16.6. The number of hydrogen-bond donors (Lipinski definition) is 1. The summed E-state index contributed by atoms with van der Waals surface area (Å²) in [6.45, 7) is 7.44. The summed E-state index contributed by atoms with van der Waals surface area (Å²) in [6, 6.07) is 10.4. The van der Waals surface area contributed by atoms with Crippen LogP contribution < -0.4 is 5.32 Å². The van der Waals surface area contributed by atoms with Crippen LogP contribution in [0.4, 0.5) is 4.79 Å². The molecule has 3 heteroatoms. The second-order valence-corrected chi connectivity index (χ2v) is 4.70. The molecule has 0 fully saturated rings. The maximum atomic E-state index is 11.5. The largest absolute Gasteiger partial charge is 0.444 e. The molecule has 1 N–H and O–H groups in total. The second kappa shape index (κ2) is 5.01. The zero-order chi connectivity index (χ0) is 12.2. The number of rotatable bonds is 2. The second-order valence-electron chi connectivity index (χ2n) is 4.70. The van der Waals surface area contributed by atoms with Crippen LogP contribution in [0, 0.1) is 6.07 Å². The Labute approximate surface area is 96.8 Å². The summed E-state index contributed by atoms with van der Waals surface area (Å²) >= 11 is 0. The standard InChI is InChI=1S/C13H18NO2/c1-10(11-8-6-5-7-9-11)14-12(15)16-13(2,3)4/h6-10H,1-4H3,(H,14,15)/t10-/m1/s1. The van der Waals surface area contributed by atoms with Gasteiger partial charge in [-0.05, 0) is 39.3 Å². The van der Waals surface area contributed by atoms with Gasteiger partial charge in [0.2, 0.25) is 0 Å². The molecule has 1 aromatic rings. The SMILES string of the molecule is C[C@@H](NC(=O)OC(C)(C)C)c1cc[c]cc1. The van der Waals surface area contributed by atoms with Gasteiger partial charge in [0.1, 0.15) is 5.60 Å². The van der Waals surface area contributed by atoms with Crippen LogP contribution in [-0.2, 0) is 4.74 Å². The van der Waals surface area contributed by atoms with Crippen LogP contribution in [0.25, 0.3) is 0 Å². The van der Waals surface area contributed by atoms with Crippen molar-refractivity contribution in [3.05, 3.63) is 35.9 Å². The van der Waals surface area contributed by atoms with Gasteiger partial charge >= 0.3 is 6.09 Å². The summed E-state index contributed by atoms with van der Waals surface area (Å²) in [4.78, 5) is 11.5. The molecule has 1 aromatic carbocycles. The minimum atomic E-state index is -0.464. The van der Waals surface area contributed by atoms with Gasteiger partial charge in [-0.25, -0.2) is 4.79 Å². The van der Waals surface area contributed by atoms with Crippen molar-refractivity contribution in [1.82, 2.24) is 5.32 Å². The number of nitrogens with one attached hydrogen (secondary N) is 1. The van der Waals surface area contributed by atoms with Crippen LogP contribution in [0.2, 0.25) is 0 Å². The first-order valence-electron chi connectivity index (χ1n) is 5.34. The molecule has 0 aliphatic heterocycles.